The highest BCUT2D eigenvalue weighted by molar-refractivity contribution is 7.07. The zero-order valence-electron chi connectivity index (χ0n) is 20.2. The van der Waals surface area contributed by atoms with Crippen molar-refractivity contribution in [2.45, 2.75) is 33.7 Å². The lowest BCUT2D eigenvalue weighted by molar-refractivity contribution is -0.139. The minimum absolute atomic E-state index is 0.218. The van der Waals surface area contributed by atoms with Crippen LogP contribution in [0.5, 0.6) is 11.5 Å². The summed E-state index contributed by atoms with van der Waals surface area (Å²) in [6.07, 6.45) is 1.82. The highest BCUT2D eigenvalue weighted by Crippen LogP contribution is 2.35. The van der Waals surface area contributed by atoms with Crippen LogP contribution in [0.2, 0.25) is 0 Å². The molecule has 1 aliphatic rings. The van der Waals surface area contributed by atoms with E-state index in [4.69, 9.17) is 14.2 Å². The summed E-state index contributed by atoms with van der Waals surface area (Å²) < 4.78 is 18.9. The molecule has 0 saturated carbocycles. The van der Waals surface area contributed by atoms with Crippen molar-refractivity contribution in [1.82, 2.24) is 4.57 Å². The second-order valence-electron chi connectivity index (χ2n) is 7.78. The molecule has 35 heavy (non-hydrogen) atoms. The Bertz CT molecular complexity index is 1450. The third-order valence-electron chi connectivity index (χ3n) is 5.50. The molecular formula is C27H28N2O5S. The zero-order valence-corrected chi connectivity index (χ0v) is 21.1. The van der Waals surface area contributed by atoms with Gasteiger partial charge < -0.3 is 14.2 Å². The van der Waals surface area contributed by atoms with Crippen LogP contribution in [0.25, 0.3) is 6.08 Å². The molecule has 7 nitrogen and oxygen atoms in total. The van der Waals surface area contributed by atoms with E-state index >= 15 is 0 Å². The fraction of sp³-hybridized carbons (Fsp3) is 0.296. The molecule has 8 heteroatoms. The van der Waals surface area contributed by atoms with Gasteiger partial charge in [0, 0.05) is 5.56 Å². The third kappa shape index (κ3) is 4.93. The Morgan fingerprint density at radius 1 is 1.06 bits per heavy atom. The number of rotatable bonds is 8. The van der Waals surface area contributed by atoms with Crippen molar-refractivity contribution in [3.63, 3.8) is 0 Å². The largest absolute Gasteiger partial charge is 0.494 e. The number of esters is 1. The lowest BCUT2D eigenvalue weighted by atomic mass is 9.95. The summed E-state index contributed by atoms with van der Waals surface area (Å²) in [5.41, 5.74) is 2.16. The van der Waals surface area contributed by atoms with E-state index in [9.17, 15) is 9.59 Å². The summed E-state index contributed by atoms with van der Waals surface area (Å²) in [6, 6.07) is 14.3. The molecular weight excluding hydrogens is 464 g/mol. The Balaban J connectivity index is 1.94. The molecule has 2 heterocycles. The Kier molecular flexibility index (Phi) is 7.51. The minimum atomic E-state index is -0.718. The van der Waals surface area contributed by atoms with E-state index in [0.29, 0.717) is 45.1 Å². The SMILES string of the molecule is CCOC(=O)C1=C(C)N=c2s/c(=C\c3cccc(OCC)c3)c(=O)n2[C@H]1c1ccccc1OCC. The van der Waals surface area contributed by atoms with Gasteiger partial charge >= 0.3 is 5.97 Å². The lowest BCUT2D eigenvalue weighted by Gasteiger charge is -2.26. The maximum absolute atomic E-state index is 13.7. The van der Waals surface area contributed by atoms with Crippen molar-refractivity contribution in [1.29, 1.82) is 0 Å². The first kappa shape index (κ1) is 24.5. The molecule has 1 aliphatic heterocycles. The molecule has 0 bridgehead atoms. The lowest BCUT2D eigenvalue weighted by Crippen LogP contribution is -2.40. The average Bonchev–Trinajstić information content (AvgIpc) is 3.14. The summed E-state index contributed by atoms with van der Waals surface area (Å²) in [4.78, 5) is 32.0. The van der Waals surface area contributed by atoms with Gasteiger partial charge in [0.25, 0.3) is 5.56 Å². The van der Waals surface area contributed by atoms with Crippen molar-refractivity contribution >= 4 is 23.4 Å². The first-order valence-electron chi connectivity index (χ1n) is 11.6. The van der Waals surface area contributed by atoms with Crippen LogP contribution in [0.4, 0.5) is 0 Å². The molecule has 0 fully saturated rings. The smallest absolute Gasteiger partial charge is 0.338 e. The van der Waals surface area contributed by atoms with E-state index in [0.717, 1.165) is 11.3 Å². The van der Waals surface area contributed by atoms with E-state index in [-0.39, 0.29) is 12.2 Å². The van der Waals surface area contributed by atoms with Gasteiger partial charge in [-0.2, -0.15) is 0 Å². The fourth-order valence-electron chi connectivity index (χ4n) is 4.09. The van der Waals surface area contributed by atoms with Gasteiger partial charge in [0.2, 0.25) is 0 Å². The maximum Gasteiger partial charge on any atom is 0.338 e. The van der Waals surface area contributed by atoms with Crippen LogP contribution >= 0.6 is 11.3 Å². The number of benzene rings is 2. The molecule has 2 aromatic carbocycles. The van der Waals surface area contributed by atoms with E-state index in [1.54, 1.807) is 18.4 Å². The molecule has 4 rings (SSSR count). The van der Waals surface area contributed by atoms with Crippen LogP contribution in [0.15, 0.2) is 69.6 Å². The number of carbonyl (C=O) groups excluding carboxylic acids is 1. The first-order valence-corrected chi connectivity index (χ1v) is 12.4. The van der Waals surface area contributed by atoms with Gasteiger partial charge in [-0.25, -0.2) is 9.79 Å². The molecule has 0 unspecified atom stereocenters. The number of hydrogen-bond donors (Lipinski definition) is 0. The molecule has 3 aromatic rings. The predicted octanol–water partition coefficient (Wildman–Crippen LogP) is 3.60. The minimum Gasteiger partial charge on any atom is -0.494 e. The van der Waals surface area contributed by atoms with Crippen LogP contribution in [-0.2, 0) is 9.53 Å². The van der Waals surface area contributed by atoms with Gasteiger partial charge in [0.15, 0.2) is 4.80 Å². The van der Waals surface area contributed by atoms with Gasteiger partial charge in [-0.15, -0.1) is 0 Å². The topological polar surface area (TPSA) is 79.1 Å². The standard InChI is InChI=1S/C27H28N2O5S/c1-5-32-19-12-10-11-18(15-19)16-22-25(30)29-24(20-13-8-9-14-21(20)33-6-2)23(26(31)34-7-3)17(4)28-27(29)35-22/h8-16,24H,5-7H2,1-4H3/b22-16-/t24-/m0/s1. The van der Waals surface area contributed by atoms with Gasteiger partial charge in [0.1, 0.15) is 17.5 Å². The van der Waals surface area contributed by atoms with Crippen LogP contribution < -0.4 is 24.4 Å². The number of ether oxygens (including phenoxy) is 3. The van der Waals surface area contributed by atoms with Crippen molar-refractivity contribution in [2.75, 3.05) is 19.8 Å². The number of fused-ring (bicyclic) bond motifs is 1. The summed E-state index contributed by atoms with van der Waals surface area (Å²) in [5, 5.41) is 0. The highest BCUT2D eigenvalue weighted by atomic mass is 32.1. The van der Waals surface area contributed by atoms with Gasteiger partial charge in [-0.05, 0) is 57.5 Å². The van der Waals surface area contributed by atoms with E-state index < -0.39 is 12.0 Å². The van der Waals surface area contributed by atoms with E-state index in [2.05, 4.69) is 4.99 Å². The first-order chi connectivity index (χ1) is 17.0. The van der Waals surface area contributed by atoms with E-state index in [1.165, 1.54) is 11.3 Å². The second-order valence-corrected chi connectivity index (χ2v) is 8.79. The number of aromatic nitrogens is 1. The van der Waals surface area contributed by atoms with Crippen molar-refractivity contribution in [3.8, 4) is 11.5 Å². The van der Waals surface area contributed by atoms with Gasteiger partial charge in [-0.1, -0.05) is 41.7 Å². The third-order valence-corrected chi connectivity index (χ3v) is 6.48. The Morgan fingerprint density at radius 2 is 1.83 bits per heavy atom. The van der Waals surface area contributed by atoms with Crippen LogP contribution in [0.1, 0.15) is 44.9 Å². The second kappa shape index (κ2) is 10.7. The summed E-state index contributed by atoms with van der Waals surface area (Å²) in [6.45, 7) is 8.57. The molecule has 0 radical (unpaired) electrons. The van der Waals surface area contributed by atoms with E-state index in [1.807, 2.05) is 68.5 Å². The zero-order chi connectivity index (χ0) is 24.9. The highest BCUT2D eigenvalue weighted by Gasteiger charge is 2.35. The number of hydrogen-bond acceptors (Lipinski definition) is 7. The molecule has 0 saturated heterocycles. The molecule has 182 valence electrons. The summed E-state index contributed by atoms with van der Waals surface area (Å²) >= 11 is 1.28. The monoisotopic (exact) mass is 492 g/mol. The number of carbonyl (C=O) groups is 1. The van der Waals surface area contributed by atoms with Crippen molar-refractivity contribution in [2.24, 2.45) is 4.99 Å². The fourth-order valence-corrected chi connectivity index (χ4v) is 5.14. The molecule has 1 atom stereocenters. The number of nitrogens with zero attached hydrogens (tertiary/aromatic N) is 2. The number of allylic oxidation sites excluding steroid dienone is 1. The molecule has 0 aliphatic carbocycles. The Hall–Kier alpha value is -3.65. The van der Waals surface area contributed by atoms with Crippen molar-refractivity contribution < 1.29 is 19.0 Å². The van der Waals surface area contributed by atoms with Gasteiger partial charge in [0.05, 0.1) is 35.6 Å². The molecule has 0 spiro atoms. The van der Waals surface area contributed by atoms with Crippen LogP contribution in [0, 0.1) is 0 Å². The normalized spacial score (nSPS) is 15.4. The van der Waals surface area contributed by atoms with Gasteiger partial charge in [-0.3, -0.25) is 9.36 Å². The average molecular weight is 493 g/mol. The molecule has 0 N–H and O–H groups in total. The maximum atomic E-state index is 13.7. The Morgan fingerprint density at radius 3 is 2.57 bits per heavy atom. The number of thiazole rings is 1. The summed E-state index contributed by atoms with van der Waals surface area (Å²) in [5.74, 6) is 0.845. The quantitative estimate of drug-likeness (QED) is 0.449. The van der Waals surface area contributed by atoms with Crippen LogP contribution in [0.3, 0.4) is 0 Å². The summed E-state index contributed by atoms with van der Waals surface area (Å²) in [7, 11) is 0. The van der Waals surface area contributed by atoms with Crippen LogP contribution in [-0.4, -0.2) is 30.4 Å². The Labute approximate surface area is 207 Å². The number of para-hydroxylation sites is 1. The molecule has 1 aromatic heterocycles. The van der Waals surface area contributed by atoms with Crippen molar-refractivity contribution in [3.05, 3.63) is 90.6 Å². The molecule has 0 amide bonds. The predicted molar refractivity (Wildman–Crippen MR) is 136 cm³/mol.